The summed E-state index contributed by atoms with van der Waals surface area (Å²) < 4.78 is 14.3. The SMILES string of the molecule is CCC(C)NC(=O)CCCn1nc(-c2ccc(F)cc2)ccc1=O. The molecular formula is C18H22FN3O2. The standard InChI is InChI=1S/C18H22FN3O2/c1-3-13(2)20-17(23)5-4-12-22-18(24)11-10-16(21-22)14-6-8-15(19)9-7-14/h6-11,13H,3-5,12H2,1-2H3,(H,20,23). The van der Waals surface area contributed by atoms with Crippen molar-refractivity contribution in [2.45, 2.75) is 45.7 Å². The van der Waals surface area contributed by atoms with E-state index in [1.54, 1.807) is 18.2 Å². The molecule has 0 fully saturated rings. The molecule has 0 saturated heterocycles. The summed E-state index contributed by atoms with van der Waals surface area (Å²) in [5.41, 5.74) is 1.11. The number of aromatic nitrogens is 2. The number of carbonyl (C=O) groups excluding carboxylic acids is 1. The second kappa shape index (κ2) is 8.38. The van der Waals surface area contributed by atoms with Gasteiger partial charge in [0.15, 0.2) is 0 Å². The number of hydrogen-bond donors (Lipinski definition) is 1. The Labute approximate surface area is 140 Å². The molecule has 128 valence electrons. The molecule has 5 nitrogen and oxygen atoms in total. The molecule has 1 aromatic heterocycles. The van der Waals surface area contributed by atoms with E-state index in [-0.39, 0.29) is 23.3 Å². The number of rotatable bonds is 7. The third kappa shape index (κ3) is 5.01. The highest BCUT2D eigenvalue weighted by Crippen LogP contribution is 2.15. The maximum Gasteiger partial charge on any atom is 0.266 e. The molecule has 1 aromatic carbocycles. The van der Waals surface area contributed by atoms with Crippen LogP contribution in [-0.2, 0) is 11.3 Å². The van der Waals surface area contributed by atoms with Gasteiger partial charge in [-0.25, -0.2) is 9.07 Å². The van der Waals surface area contributed by atoms with Crippen molar-refractivity contribution in [1.82, 2.24) is 15.1 Å². The predicted octanol–water partition coefficient (Wildman–Crippen LogP) is 2.74. The normalized spacial score (nSPS) is 12.0. The van der Waals surface area contributed by atoms with Gasteiger partial charge in [-0.05, 0) is 50.1 Å². The van der Waals surface area contributed by atoms with Crippen LogP contribution < -0.4 is 10.9 Å². The van der Waals surface area contributed by atoms with Crippen molar-refractivity contribution in [2.75, 3.05) is 0 Å². The monoisotopic (exact) mass is 331 g/mol. The molecule has 1 heterocycles. The number of nitrogens with zero attached hydrogens (tertiary/aromatic N) is 2. The summed E-state index contributed by atoms with van der Waals surface area (Å²) in [5.74, 6) is -0.341. The number of benzene rings is 1. The Balaban J connectivity index is 2.00. The lowest BCUT2D eigenvalue weighted by molar-refractivity contribution is -0.121. The Morgan fingerprint density at radius 2 is 1.96 bits per heavy atom. The third-order valence-corrected chi connectivity index (χ3v) is 3.80. The fourth-order valence-corrected chi connectivity index (χ4v) is 2.22. The van der Waals surface area contributed by atoms with Gasteiger partial charge in [0.05, 0.1) is 5.69 Å². The van der Waals surface area contributed by atoms with Crippen molar-refractivity contribution < 1.29 is 9.18 Å². The van der Waals surface area contributed by atoms with Gasteiger partial charge in [-0.1, -0.05) is 6.92 Å². The Morgan fingerprint density at radius 1 is 1.25 bits per heavy atom. The van der Waals surface area contributed by atoms with E-state index in [0.717, 1.165) is 12.0 Å². The molecule has 0 saturated carbocycles. The molecule has 0 radical (unpaired) electrons. The van der Waals surface area contributed by atoms with E-state index >= 15 is 0 Å². The van der Waals surface area contributed by atoms with Gasteiger partial charge in [0.25, 0.3) is 5.56 Å². The molecule has 1 amide bonds. The first-order valence-electron chi connectivity index (χ1n) is 8.13. The van der Waals surface area contributed by atoms with Crippen LogP contribution in [0.1, 0.15) is 33.1 Å². The van der Waals surface area contributed by atoms with Crippen LogP contribution in [0.15, 0.2) is 41.2 Å². The molecule has 1 N–H and O–H groups in total. The van der Waals surface area contributed by atoms with Gasteiger partial charge in [-0.3, -0.25) is 9.59 Å². The highest BCUT2D eigenvalue weighted by molar-refractivity contribution is 5.76. The van der Waals surface area contributed by atoms with E-state index in [2.05, 4.69) is 10.4 Å². The second-order valence-electron chi connectivity index (χ2n) is 5.77. The predicted molar refractivity (Wildman–Crippen MR) is 91.0 cm³/mol. The Kier molecular flexibility index (Phi) is 6.23. The van der Waals surface area contributed by atoms with Crippen LogP contribution in [0.3, 0.4) is 0 Å². The summed E-state index contributed by atoms with van der Waals surface area (Å²) in [4.78, 5) is 23.6. The zero-order valence-corrected chi connectivity index (χ0v) is 14.0. The van der Waals surface area contributed by atoms with E-state index in [9.17, 15) is 14.0 Å². The van der Waals surface area contributed by atoms with Crippen molar-refractivity contribution in [1.29, 1.82) is 0 Å². The zero-order chi connectivity index (χ0) is 17.5. The zero-order valence-electron chi connectivity index (χ0n) is 14.0. The second-order valence-corrected chi connectivity index (χ2v) is 5.77. The van der Waals surface area contributed by atoms with Crippen LogP contribution in [0, 0.1) is 5.82 Å². The van der Waals surface area contributed by atoms with E-state index in [0.29, 0.717) is 25.1 Å². The van der Waals surface area contributed by atoms with Crippen LogP contribution in [0.25, 0.3) is 11.3 Å². The van der Waals surface area contributed by atoms with Crippen molar-refractivity contribution >= 4 is 5.91 Å². The van der Waals surface area contributed by atoms with Crippen molar-refractivity contribution in [3.63, 3.8) is 0 Å². The largest absolute Gasteiger partial charge is 0.354 e. The average molecular weight is 331 g/mol. The number of hydrogen-bond acceptors (Lipinski definition) is 3. The number of aryl methyl sites for hydroxylation is 1. The Morgan fingerprint density at radius 3 is 2.62 bits per heavy atom. The molecular weight excluding hydrogens is 309 g/mol. The summed E-state index contributed by atoms with van der Waals surface area (Å²) in [6.07, 6.45) is 1.76. The number of halogens is 1. The Bertz CT molecular complexity index is 741. The Hall–Kier alpha value is -2.50. The minimum atomic E-state index is -0.320. The topological polar surface area (TPSA) is 64.0 Å². The number of carbonyl (C=O) groups is 1. The summed E-state index contributed by atoms with van der Waals surface area (Å²) in [7, 11) is 0. The van der Waals surface area contributed by atoms with Crippen LogP contribution >= 0.6 is 0 Å². The summed E-state index contributed by atoms with van der Waals surface area (Å²) in [5, 5.41) is 7.19. The lowest BCUT2D eigenvalue weighted by Crippen LogP contribution is -2.32. The maximum atomic E-state index is 13.0. The molecule has 24 heavy (non-hydrogen) atoms. The van der Waals surface area contributed by atoms with Crippen LogP contribution in [0.2, 0.25) is 0 Å². The molecule has 0 bridgehead atoms. The summed E-state index contributed by atoms with van der Waals surface area (Å²) in [6.45, 7) is 4.33. The van der Waals surface area contributed by atoms with Gasteiger partial charge in [-0.2, -0.15) is 5.10 Å². The molecule has 0 spiro atoms. The van der Waals surface area contributed by atoms with Gasteiger partial charge >= 0.3 is 0 Å². The average Bonchev–Trinajstić information content (AvgIpc) is 2.57. The van der Waals surface area contributed by atoms with Crippen molar-refractivity contribution in [3.8, 4) is 11.3 Å². The fraction of sp³-hybridized carbons (Fsp3) is 0.389. The first-order chi connectivity index (χ1) is 11.5. The van der Waals surface area contributed by atoms with Crippen LogP contribution in [0.5, 0.6) is 0 Å². The van der Waals surface area contributed by atoms with Crippen LogP contribution in [0.4, 0.5) is 4.39 Å². The molecule has 2 aromatic rings. The first kappa shape index (κ1) is 17.8. The highest BCUT2D eigenvalue weighted by Gasteiger charge is 2.07. The molecule has 0 aliphatic carbocycles. The lowest BCUT2D eigenvalue weighted by atomic mass is 10.1. The van der Waals surface area contributed by atoms with Gasteiger partial charge in [0.1, 0.15) is 5.82 Å². The molecule has 1 unspecified atom stereocenters. The van der Waals surface area contributed by atoms with Crippen molar-refractivity contribution in [3.05, 3.63) is 52.6 Å². The van der Waals surface area contributed by atoms with Gasteiger partial charge in [0.2, 0.25) is 5.91 Å². The number of amides is 1. The van der Waals surface area contributed by atoms with Gasteiger partial charge in [-0.15, -0.1) is 0 Å². The minimum Gasteiger partial charge on any atom is -0.354 e. The van der Waals surface area contributed by atoms with E-state index in [1.807, 2.05) is 13.8 Å². The minimum absolute atomic E-state index is 0.0212. The van der Waals surface area contributed by atoms with Gasteiger partial charge < -0.3 is 5.32 Å². The maximum absolute atomic E-state index is 13.0. The summed E-state index contributed by atoms with van der Waals surface area (Å²) >= 11 is 0. The third-order valence-electron chi connectivity index (χ3n) is 3.80. The van der Waals surface area contributed by atoms with E-state index < -0.39 is 0 Å². The van der Waals surface area contributed by atoms with E-state index in [4.69, 9.17) is 0 Å². The molecule has 0 aliphatic heterocycles. The molecule has 0 aliphatic rings. The van der Waals surface area contributed by atoms with Crippen molar-refractivity contribution in [2.24, 2.45) is 0 Å². The molecule has 6 heteroatoms. The highest BCUT2D eigenvalue weighted by atomic mass is 19.1. The lowest BCUT2D eigenvalue weighted by Gasteiger charge is -2.11. The summed E-state index contributed by atoms with van der Waals surface area (Å²) in [6, 6.07) is 9.14. The first-order valence-corrected chi connectivity index (χ1v) is 8.13. The quantitative estimate of drug-likeness (QED) is 0.848. The van der Waals surface area contributed by atoms with Gasteiger partial charge in [0, 0.05) is 30.6 Å². The van der Waals surface area contributed by atoms with E-state index in [1.165, 1.54) is 22.9 Å². The van der Waals surface area contributed by atoms with Crippen LogP contribution in [-0.4, -0.2) is 21.7 Å². The molecule has 1 atom stereocenters. The number of nitrogens with one attached hydrogen (secondary N) is 1. The molecule has 2 rings (SSSR count). The smallest absolute Gasteiger partial charge is 0.266 e. The fourth-order valence-electron chi connectivity index (χ4n) is 2.22.